The van der Waals surface area contributed by atoms with Crippen LogP contribution in [0.4, 0.5) is 9.59 Å². The Morgan fingerprint density at radius 3 is 1.69 bits per heavy atom. The summed E-state index contributed by atoms with van der Waals surface area (Å²) in [5.74, 6) is -0.823. The van der Waals surface area contributed by atoms with E-state index in [4.69, 9.17) is 9.47 Å². The minimum absolute atomic E-state index is 0.104. The van der Waals surface area contributed by atoms with Gasteiger partial charge in [0.2, 0.25) is 11.8 Å². The smallest absolute Gasteiger partial charge is 0.407 e. The lowest BCUT2D eigenvalue weighted by atomic mass is 10.1. The van der Waals surface area contributed by atoms with Gasteiger partial charge in [-0.25, -0.2) is 9.59 Å². The number of alkyl carbamates (subject to hydrolysis) is 2. The molecule has 4 amide bonds. The fourth-order valence-corrected chi connectivity index (χ4v) is 3.01. The van der Waals surface area contributed by atoms with Gasteiger partial charge in [0.15, 0.2) is 0 Å². The highest BCUT2D eigenvalue weighted by atomic mass is 16.6. The third-order valence-electron chi connectivity index (χ3n) is 4.76. The van der Waals surface area contributed by atoms with E-state index in [-0.39, 0.29) is 38.9 Å². The summed E-state index contributed by atoms with van der Waals surface area (Å²) < 4.78 is 10.1. The molecule has 0 heterocycles. The van der Waals surface area contributed by atoms with Crippen LogP contribution in [0.15, 0.2) is 60.7 Å². The number of ether oxygens (including phenoxy) is 2. The van der Waals surface area contributed by atoms with Crippen LogP contribution in [0.25, 0.3) is 0 Å². The zero-order valence-electron chi connectivity index (χ0n) is 19.8. The Balaban J connectivity index is 1.61. The van der Waals surface area contributed by atoms with Crippen LogP contribution >= 0.6 is 0 Å². The zero-order valence-corrected chi connectivity index (χ0v) is 19.8. The maximum absolute atomic E-state index is 12.2. The first-order valence-electron chi connectivity index (χ1n) is 11.4. The molecule has 10 heteroatoms. The summed E-state index contributed by atoms with van der Waals surface area (Å²) in [6.45, 7) is 1.83. The van der Waals surface area contributed by atoms with Crippen molar-refractivity contribution in [1.29, 1.82) is 0 Å². The van der Waals surface area contributed by atoms with E-state index in [2.05, 4.69) is 21.3 Å². The van der Waals surface area contributed by atoms with Crippen molar-refractivity contribution in [2.75, 3.05) is 19.6 Å². The average Bonchev–Trinajstić information content (AvgIpc) is 2.88. The van der Waals surface area contributed by atoms with Crippen LogP contribution in [0, 0.1) is 0 Å². The number of rotatable bonds is 13. The van der Waals surface area contributed by atoms with Crippen LogP contribution < -0.4 is 21.3 Å². The fraction of sp³-hybridized carbons (Fsp3) is 0.360. The molecule has 0 spiro atoms. The maximum Gasteiger partial charge on any atom is 0.407 e. The number of carbonyl (C=O) groups is 4. The highest BCUT2D eigenvalue weighted by molar-refractivity contribution is 5.83. The first-order valence-corrected chi connectivity index (χ1v) is 11.4. The molecule has 2 aromatic rings. The lowest BCUT2D eigenvalue weighted by Gasteiger charge is -2.19. The molecule has 0 saturated carbocycles. The third kappa shape index (κ3) is 12.1. The topological polar surface area (TPSA) is 135 Å². The number of amides is 4. The van der Waals surface area contributed by atoms with Crippen LogP contribution in [-0.4, -0.2) is 49.7 Å². The summed E-state index contributed by atoms with van der Waals surface area (Å²) in [6, 6.07) is 18.0. The quantitative estimate of drug-likeness (QED) is 0.344. The van der Waals surface area contributed by atoms with Gasteiger partial charge in [-0.3, -0.25) is 9.59 Å². The number of hydrogen-bond acceptors (Lipinski definition) is 6. The lowest BCUT2D eigenvalue weighted by Crippen LogP contribution is -2.48. The van der Waals surface area contributed by atoms with Gasteiger partial charge in [-0.15, -0.1) is 0 Å². The van der Waals surface area contributed by atoms with E-state index in [0.717, 1.165) is 17.5 Å². The average molecular weight is 485 g/mol. The highest BCUT2D eigenvalue weighted by Crippen LogP contribution is 2.01. The molecule has 188 valence electrons. The van der Waals surface area contributed by atoms with Crippen molar-refractivity contribution in [3.8, 4) is 0 Å². The Morgan fingerprint density at radius 1 is 0.714 bits per heavy atom. The predicted molar refractivity (Wildman–Crippen MR) is 129 cm³/mol. The second-order valence-electron chi connectivity index (χ2n) is 7.69. The minimum Gasteiger partial charge on any atom is -0.445 e. The number of nitrogens with one attached hydrogen (secondary N) is 4. The van der Waals surface area contributed by atoms with Gasteiger partial charge in [0.1, 0.15) is 19.8 Å². The normalized spacial score (nSPS) is 11.0. The van der Waals surface area contributed by atoms with E-state index in [9.17, 15) is 19.2 Å². The van der Waals surface area contributed by atoms with E-state index < -0.39 is 24.0 Å². The second kappa shape index (κ2) is 15.7. The molecule has 0 fully saturated rings. The summed E-state index contributed by atoms with van der Waals surface area (Å²) in [5.41, 5.74) is 1.67. The number of benzene rings is 2. The fourth-order valence-electron chi connectivity index (χ4n) is 3.01. The van der Waals surface area contributed by atoms with E-state index >= 15 is 0 Å². The van der Waals surface area contributed by atoms with Crippen molar-refractivity contribution < 1.29 is 28.7 Å². The summed E-state index contributed by atoms with van der Waals surface area (Å²) >= 11 is 0. The molecule has 35 heavy (non-hydrogen) atoms. The van der Waals surface area contributed by atoms with Gasteiger partial charge in [-0.1, -0.05) is 74.0 Å². The standard InChI is InChI=1S/C25H32N4O6/c1-2-9-21(29-23(31)16-28-25(33)35-18-20-12-7-4-8-13-20)14-26-22(30)15-27-24(32)34-17-19-10-5-3-6-11-19/h3-8,10-13,21H,2,9,14-18H2,1H3,(H,26,30)(H,27,32)(H,28,33)(H,29,31). The van der Waals surface area contributed by atoms with Crippen LogP contribution in [0.5, 0.6) is 0 Å². The third-order valence-corrected chi connectivity index (χ3v) is 4.76. The summed E-state index contributed by atoms with van der Waals surface area (Å²) in [7, 11) is 0. The van der Waals surface area contributed by atoms with E-state index in [1.165, 1.54) is 0 Å². The molecular formula is C25H32N4O6. The Morgan fingerprint density at radius 2 is 1.20 bits per heavy atom. The number of carbonyl (C=O) groups excluding carboxylic acids is 4. The summed E-state index contributed by atoms with van der Waals surface area (Å²) in [4.78, 5) is 47.8. The van der Waals surface area contributed by atoms with Crippen molar-refractivity contribution in [1.82, 2.24) is 21.3 Å². The first-order chi connectivity index (χ1) is 17.0. The van der Waals surface area contributed by atoms with Crippen LogP contribution in [0.2, 0.25) is 0 Å². The van der Waals surface area contributed by atoms with Crippen LogP contribution in [-0.2, 0) is 32.3 Å². The van der Waals surface area contributed by atoms with Gasteiger partial charge >= 0.3 is 12.2 Å². The molecule has 0 aliphatic rings. The van der Waals surface area contributed by atoms with Crippen molar-refractivity contribution in [3.63, 3.8) is 0 Å². The van der Waals surface area contributed by atoms with E-state index in [0.29, 0.717) is 6.42 Å². The van der Waals surface area contributed by atoms with E-state index in [1.54, 1.807) is 0 Å². The van der Waals surface area contributed by atoms with Gasteiger partial charge in [-0.05, 0) is 17.5 Å². The van der Waals surface area contributed by atoms with Crippen molar-refractivity contribution in [2.24, 2.45) is 0 Å². The van der Waals surface area contributed by atoms with Gasteiger partial charge in [0, 0.05) is 12.6 Å². The molecule has 0 aromatic heterocycles. The molecule has 0 aliphatic carbocycles. The molecule has 0 radical (unpaired) electrons. The summed E-state index contributed by atoms with van der Waals surface area (Å²) in [6.07, 6.45) is -0.00346. The first kappa shape index (κ1) is 27.2. The lowest BCUT2D eigenvalue weighted by molar-refractivity contribution is -0.122. The molecule has 1 unspecified atom stereocenters. The van der Waals surface area contributed by atoms with Crippen molar-refractivity contribution in [3.05, 3.63) is 71.8 Å². The van der Waals surface area contributed by atoms with Crippen molar-refractivity contribution in [2.45, 2.75) is 39.0 Å². The van der Waals surface area contributed by atoms with Crippen LogP contribution in [0.1, 0.15) is 30.9 Å². The number of hydrogen-bond donors (Lipinski definition) is 4. The molecule has 0 bridgehead atoms. The van der Waals surface area contributed by atoms with Gasteiger partial charge < -0.3 is 30.7 Å². The molecule has 0 aliphatic heterocycles. The summed E-state index contributed by atoms with van der Waals surface area (Å²) in [5, 5.41) is 10.2. The SMILES string of the molecule is CCCC(CNC(=O)CNC(=O)OCc1ccccc1)NC(=O)CNC(=O)OCc1ccccc1. The van der Waals surface area contributed by atoms with Crippen LogP contribution in [0.3, 0.4) is 0 Å². The Hall–Kier alpha value is -4.08. The van der Waals surface area contributed by atoms with E-state index in [1.807, 2.05) is 67.6 Å². The molecule has 10 nitrogen and oxygen atoms in total. The molecule has 4 N–H and O–H groups in total. The van der Waals surface area contributed by atoms with Gasteiger partial charge in [0.05, 0.1) is 6.54 Å². The van der Waals surface area contributed by atoms with Crippen molar-refractivity contribution >= 4 is 24.0 Å². The maximum atomic E-state index is 12.2. The Kier molecular flexibility index (Phi) is 12.2. The predicted octanol–water partition coefficient (Wildman–Crippen LogP) is 2.24. The molecule has 2 rings (SSSR count). The largest absolute Gasteiger partial charge is 0.445 e. The molecule has 1 atom stereocenters. The van der Waals surface area contributed by atoms with Gasteiger partial charge in [0.25, 0.3) is 0 Å². The minimum atomic E-state index is -0.701. The Bertz CT molecular complexity index is 939. The van der Waals surface area contributed by atoms with Gasteiger partial charge in [-0.2, -0.15) is 0 Å². The highest BCUT2D eigenvalue weighted by Gasteiger charge is 2.15. The molecule has 0 saturated heterocycles. The zero-order chi connectivity index (χ0) is 25.3. The monoisotopic (exact) mass is 484 g/mol. The molecule has 2 aromatic carbocycles. The second-order valence-corrected chi connectivity index (χ2v) is 7.69. The molecular weight excluding hydrogens is 452 g/mol. The Labute approximate surface area is 204 Å².